The predicted molar refractivity (Wildman–Crippen MR) is 151 cm³/mol. The van der Waals surface area contributed by atoms with Crippen LogP contribution in [0, 0.1) is 5.41 Å². The van der Waals surface area contributed by atoms with Gasteiger partial charge in [-0.05, 0) is 62.5 Å². The van der Waals surface area contributed by atoms with E-state index < -0.39 is 0 Å². The molecule has 2 aromatic carbocycles. The lowest BCUT2D eigenvalue weighted by molar-refractivity contribution is 0.148. The standard InChI is InChI=1S/C32H47N3/c1-2-3-4-5-6-7-8-9-10-16-23-35-24-21-32(22-25-35)26-29-19-14-15-20-30(29)34-31(32)33-27-28-17-12-11-13-18-28/h11-15,17-20H,2-10,16,21-27H2,1H3,(H,33,34). The fourth-order valence-electron chi connectivity index (χ4n) is 5.91. The minimum atomic E-state index is 0.164. The second kappa shape index (κ2) is 13.8. The van der Waals surface area contributed by atoms with Gasteiger partial charge in [0.15, 0.2) is 0 Å². The molecule has 4 rings (SSSR count). The molecule has 2 heterocycles. The molecule has 0 unspecified atom stereocenters. The molecule has 0 radical (unpaired) electrons. The Bertz CT molecular complexity index is 896. The molecule has 35 heavy (non-hydrogen) atoms. The van der Waals surface area contributed by atoms with Gasteiger partial charge in [-0.15, -0.1) is 0 Å². The van der Waals surface area contributed by atoms with Crippen molar-refractivity contribution < 1.29 is 0 Å². The number of likely N-dealkylation sites (tertiary alicyclic amines) is 1. The summed E-state index contributed by atoms with van der Waals surface area (Å²) in [6.07, 6.45) is 17.7. The quantitative estimate of drug-likeness (QED) is 0.297. The number of nitrogens with zero attached hydrogens (tertiary/aromatic N) is 2. The smallest absolute Gasteiger partial charge is 0.108 e. The molecular formula is C32H47N3. The Labute approximate surface area is 214 Å². The number of anilines is 1. The molecule has 2 aliphatic heterocycles. The summed E-state index contributed by atoms with van der Waals surface area (Å²) in [5.74, 6) is 1.22. The van der Waals surface area contributed by atoms with Crippen LogP contribution < -0.4 is 5.32 Å². The second-order valence-electron chi connectivity index (χ2n) is 10.9. The summed E-state index contributed by atoms with van der Waals surface area (Å²) in [6.45, 7) is 6.73. The SMILES string of the molecule is CCCCCCCCCCCCN1CCC2(CC1)Cc1ccccc1NC2=NCc1ccccc1. The van der Waals surface area contributed by atoms with Crippen molar-refractivity contribution >= 4 is 11.5 Å². The molecule has 1 N–H and O–H groups in total. The van der Waals surface area contributed by atoms with E-state index in [4.69, 9.17) is 4.99 Å². The van der Waals surface area contributed by atoms with Crippen LogP contribution in [0.5, 0.6) is 0 Å². The fourth-order valence-corrected chi connectivity index (χ4v) is 5.91. The van der Waals surface area contributed by atoms with Gasteiger partial charge >= 0.3 is 0 Å². The number of benzene rings is 2. The van der Waals surface area contributed by atoms with E-state index in [1.807, 2.05) is 0 Å². The first-order valence-electron chi connectivity index (χ1n) is 14.5. The molecule has 1 spiro atoms. The summed E-state index contributed by atoms with van der Waals surface area (Å²) >= 11 is 0. The number of aliphatic imine (C=N–C) groups is 1. The Morgan fingerprint density at radius 2 is 1.40 bits per heavy atom. The summed E-state index contributed by atoms with van der Waals surface area (Å²) in [4.78, 5) is 7.88. The van der Waals surface area contributed by atoms with Gasteiger partial charge in [-0.1, -0.05) is 113 Å². The van der Waals surface area contributed by atoms with Crippen molar-refractivity contribution in [3.8, 4) is 0 Å². The molecule has 0 saturated carbocycles. The Morgan fingerprint density at radius 3 is 2.11 bits per heavy atom. The maximum Gasteiger partial charge on any atom is 0.108 e. The first-order chi connectivity index (χ1) is 17.3. The summed E-state index contributed by atoms with van der Waals surface area (Å²) in [5.41, 5.74) is 4.15. The third kappa shape index (κ3) is 7.67. The molecule has 0 atom stereocenters. The van der Waals surface area contributed by atoms with Crippen LogP contribution >= 0.6 is 0 Å². The predicted octanol–water partition coefficient (Wildman–Crippen LogP) is 8.26. The van der Waals surface area contributed by atoms with Crippen LogP contribution in [0.15, 0.2) is 59.6 Å². The summed E-state index contributed by atoms with van der Waals surface area (Å²) < 4.78 is 0. The number of nitrogens with one attached hydrogen (secondary N) is 1. The van der Waals surface area contributed by atoms with E-state index in [2.05, 4.69) is 71.7 Å². The fraction of sp³-hybridized carbons (Fsp3) is 0.594. The molecule has 3 heteroatoms. The van der Waals surface area contributed by atoms with E-state index in [1.54, 1.807) is 0 Å². The largest absolute Gasteiger partial charge is 0.343 e. The number of hydrogen-bond acceptors (Lipinski definition) is 2. The van der Waals surface area contributed by atoms with Gasteiger partial charge in [0.1, 0.15) is 5.84 Å². The minimum Gasteiger partial charge on any atom is -0.343 e. The number of rotatable bonds is 13. The average Bonchev–Trinajstić information content (AvgIpc) is 2.90. The zero-order valence-electron chi connectivity index (χ0n) is 22.1. The van der Waals surface area contributed by atoms with E-state index in [9.17, 15) is 0 Å². The third-order valence-electron chi connectivity index (χ3n) is 8.21. The minimum absolute atomic E-state index is 0.164. The number of piperidine rings is 1. The highest BCUT2D eigenvalue weighted by Gasteiger charge is 2.42. The van der Waals surface area contributed by atoms with Crippen molar-refractivity contribution in [2.45, 2.75) is 96.9 Å². The van der Waals surface area contributed by atoms with Crippen LogP contribution in [-0.4, -0.2) is 30.4 Å². The molecule has 0 aromatic heterocycles. The topological polar surface area (TPSA) is 27.6 Å². The highest BCUT2D eigenvalue weighted by Crippen LogP contribution is 2.42. The molecule has 1 saturated heterocycles. The maximum atomic E-state index is 5.17. The van der Waals surface area contributed by atoms with Gasteiger partial charge in [-0.3, -0.25) is 4.99 Å². The van der Waals surface area contributed by atoms with Crippen molar-refractivity contribution in [2.24, 2.45) is 10.4 Å². The van der Waals surface area contributed by atoms with Gasteiger partial charge in [0.25, 0.3) is 0 Å². The van der Waals surface area contributed by atoms with E-state index in [-0.39, 0.29) is 5.41 Å². The average molecular weight is 474 g/mol. The number of fused-ring (bicyclic) bond motifs is 1. The van der Waals surface area contributed by atoms with E-state index in [0.717, 1.165) is 13.0 Å². The molecule has 1 fully saturated rings. The van der Waals surface area contributed by atoms with Gasteiger partial charge in [0.05, 0.1) is 6.54 Å². The lowest BCUT2D eigenvalue weighted by Crippen LogP contribution is -2.50. The normalized spacial score (nSPS) is 18.5. The molecule has 0 bridgehead atoms. The first-order valence-corrected chi connectivity index (χ1v) is 14.5. The lowest BCUT2D eigenvalue weighted by atomic mass is 9.70. The van der Waals surface area contributed by atoms with Crippen LogP contribution in [0.3, 0.4) is 0 Å². The van der Waals surface area contributed by atoms with Crippen molar-refractivity contribution in [2.75, 3.05) is 25.0 Å². The summed E-state index contributed by atoms with van der Waals surface area (Å²) in [6, 6.07) is 19.5. The number of para-hydroxylation sites is 1. The second-order valence-corrected chi connectivity index (χ2v) is 10.9. The highest BCUT2D eigenvalue weighted by molar-refractivity contribution is 6.02. The Morgan fingerprint density at radius 1 is 0.771 bits per heavy atom. The van der Waals surface area contributed by atoms with E-state index >= 15 is 0 Å². The molecule has 0 aliphatic carbocycles. The van der Waals surface area contributed by atoms with Gasteiger partial charge in [0, 0.05) is 11.1 Å². The molecular weight excluding hydrogens is 426 g/mol. The molecule has 0 amide bonds. The maximum absolute atomic E-state index is 5.17. The van der Waals surface area contributed by atoms with Crippen LogP contribution in [-0.2, 0) is 13.0 Å². The summed E-state index contributed by atoms with van der Waals surface area (Å²) in [7, 11) is 0. The summed E-state index contributed by atoms with van der Waals surface area (Å²) in [5, 5.41) is 3.76. The van der Waals surface area contributed by atoms with Gasteiger partial charge in [0.2, 0.25) is 0 Å². The Balaban J connectivity index is 1.24. The molecule has 2 aliphatic rings. The van der Waals surface area contributed by atoms with Gasteiger partial charge in [-0.25, -0.2) is 0 Å². The van der Waals surface area contributed by atoms with Crippen molar-refractivity contribution in [1.29, 1.82) is 0 Å². The monoisotopic (exact) mass is 473 g/mol. The first kappa shape index (κ1) is 25.9. The van der Waals surface area contributed by atoms with Crippen LogP contribution in [0.4, 0.5) is 5.69 Å². The lowest BCUT2D eigenvalue weighted by Gasteiger charge is -2.45. The van der Waals surface area contributed by atoms with E-state index in [1.165, 1.54) is 119 Å². The van der Waals surface area contributed by atoms with Crippen molar-refractivity contribution in [1.82, 2.24) is 4.90 Å². The molecule has 3 nitrogen and oxygen atoms in total. The Kier molecular flexibility index (Phi) is 10.2. The zero-order valence-corrected chi connectivity index (χ0v) is 22.1. The van der Waals surface area contributed by atoms with Gasteiger partial charge < -0.3 is 10.2 Å². The van der Waals surface area contributed by atoms with Crippen LogP contribution in [0.25, 0.3) is 0 Å². The Hall–Kier alpha value is -2.13. The number of unbranched alkanes of at least 4 members (excludes halogenated alkanes) is 9. The highest BCUT2D eigenvalue weighted by atomic mass is 15.1. The number of hydrogen-bond donors (Lipinski definition) is 1. The van der Waals surface area contributed by atoms with Gasteiger partial charge in [-0.2, -0.15) is 0 Å². The van der Waals surface area contributed by atoms with E-state index in [0.29, 0.717) is 0 Å². The van der Waals surface area contributed by atoms with Crippen molar-refractivity contribution in [3.63, 3.8) is 0 Å². The third-order valence-corrected chi connectivity index (χ3v) is 8.21. The van der Waals surface area contributed by atoms with Crippen molar-refractivity contribution in [3.05, 3.63) is 65.7 Å². The molecule has 2 aromatic rings. The van der Waals surface area contributed by atoms with Crippen LogP contribution in [0.1, 0.15) is 95.1 Å². The molecule has 190 valence electrons. The zero-order chi connectivity index (χ0) is 24.2. The number of amidine groups is 1. The van der Waals surface area contributed by atoms with Crippen LogP contribution in [0.2, 0.25) is 0 Å².